The highest BCUT2D eigenvalue weighted by Crippen LogP contribution is 2.37. The smallest absolute Gasteiger partial charge is 0.248 e. The number of rotatable bonds is 3. The van der Waals surface area contributed by atoms with Gasteiger partial charge < -0.3 is 10.0 Å². The number of amides is 1. The maximum atomic E-state index is 13.1. The van der Waals surface area contributed by atoms with E-state index >= 15 is 0 Å². The number of alkyl halides is 2. The van der Waals surface area contributed by atoms with Gasteiger partial charge in [0, 0.05) is 32.4 Å². The lowest BCUT2D eigenvalue weighted by Crippen LogP contribution is -2.45. The number of halogens is 2. The van der Waals surface area contributed by atoms with Crippen molar-refractivity contribution in [2.24, 2.45) is 5.92 Å². The fourth-order valence-corrected chi connectivity index (χ4v) is 3.31. The molecule has 19 heavy (non-hydrogen) atoms. The van der Waals surface area contributed by atoms with Gasteiger partial charge in [0.2, 0.25) is 11.8 Å². The van der Waals surface area contributed by atoms with Crippen LogP contribution in [0.5, 0.6) is 0 Å². The Morgan fingerprint density at radius 1 is 1.21 bits per heavy atom. The summed E-state index contributed by atoms with van der Waals surface area (Å²) in [5, 5.41) is 10.3. The second kappa shape index (κ2) is 5.35. The fourth-order valence-electron chi connectivity index (χ4n) is 3.31. The molecule has 2 fully saturated rings. The van der Waals surface area contributed by atoms with Gasteiger partial charge in [-0.05, 0) is 25.7 Å². The lowest BCUT2D eigenvalue weighted by molar-refractivity contribution is -0.141. The van der Waals surface area contributed by atoms with E-state index in [2.05, 4.69) is 0 Å². The van der Waals surface area contributed by atoms with Crippen molar-refractivity contribution in [2.45, 2.75) is 62.9 Å². The molecule has 1 amide bonds. The molecule has 1 N–H and O–H groups in total. The van der Waals surface area contributed by atoms with E-state index in [1.165, 1.54) is 0 Å². The third-order valence-electron chi connectivity index (χ3n) is 4.51. The van der Waals surface area contributed by atoms with Crippen LogP contribution in [0.3, 0.4) is 0 Å². The predicted molar refractivity (Wildman–Crippen MR) is 68.0 cm³/mol. The van der Waals surface area contributed by atoms with E-state index in [0.717, 1.165) is 25.7 Å². The van der Waals surface area contributed by atoms with E-state index in [1.807, 2.05) is 0 Å². The highest BCUT2D eigenvalue weighted by molar-refractivity contribution is 5.78. The van der Waals surface area contributed by atoms with Crippen molar-refractivity contribution in [2.75, 3.05) is 13.6 Å². The second-order valence-corrected chi connectivity index (χ2v) is 6.26. The second-order valence-electron chi connectivity index (χ2n) is 6.26. The maximum Gasteiger partial charge on any atom is 0.248 e. The molecular weight excluding hydrogens is 252 g/mol. The largest absolute Gasteiger partial charge is 0.388 e. The number of hydrogen-bond acceptors (Lipinski definition) is 2. The van der Waals surface area contributed by atoms with Crippen LogP contribution in [-0.4, -0.2) is 41.0 Å². The zero-order valence-corrected chi connectivity index (χ0v) is 11.5. The summed E-state index contributed by atoms with van der Waals surface area (Å²) in [6.07, 6.45) is 3.58. The first-order chi connectivity index (χ1) is 8.81. The third-order valence-corrected chi connectivity index (χ3v) is 4.51. The fraction of sp³-hybridized carbons (Fsp3) is 0.929. The first-order valence-corrected chi connectivity index (χ1v) is 7.17. The Bertz CT molecular complexity index is 330. The molecule has 2 aliphatic rings. The Morgan fingerprint density at radius 3 is 2.26 bits per heavy atom. The van der Waals surface area contributed by atoms with Crippen molar-refractivity contribution >= 4 is 5.91 Å². The molecule has 0 bridgehead atoms. The molecule has 2 rings (SSSR count). The summed E-state index contributed by atoms with van der Waals surface area (Å²) in [5.41, 5.74) is -0.761. The highest BCUT2D eigenvalue weighted by Gasteiger charge is 2.40. The number of aliphatic hydroxyl groups is 1. The van der Waals surface area contributed by atoms with Gasteiger partial charge in [-0.25, -0.2) is 8.78 Å². The van der Waals surface area contributed by atoms with Crippen molar-refractivity contribution < 1.29 is 18.7 Å². The molecule has 0 aromatic carbocycles. The summed E-state index contributed by atoms with van der Waals surface area (Å²) in [6.45, 7) is 0.332. The Morgan fingerprint density at radius 2 is 1.74 bits per heavy atom. The molecule has 3 nitrogen and oxygen atoms in total. The molecule has 0 aliphatic heterocycles. The van der Waals surface area contributed by atoms with Gasteiger partial charge in [0.05, 0.1) is 5.60 Å². The molecule has 0 aromatic heterocycles. The Kier molecular flexibility index (Phi) is 4.14. The highest BCUT2D eigenvalue weighted by atomic mass is 19.3. The van der Waals surface area contributed by atoms with Gasteiger partial charge in [0.15, 0.2) is 0 Å². The summed E-state index contributed by atoms with van der Waals surface area (Å²) >= 11 is 0. The van der Waals surface area contributed by atoms with Crippen molar-refractivity contribution in [3.8, 4) is 0 Å². The first kappa shape index (κ1) is 14.7. The Labute approximate surface area is 113 Å². The number of hydrogen-bond donors (Lipinski definition) is 1. The molecule has 0 saturated heterocycles. The summed E-state index contributed by atoms with van der Waals surface area (Å²) in [6, 6.07) is 0. The molecule has 110 valence electrons. The average Bonchev–Trinajstić information content (AvgIpc) is 2.75. The van der Waals surface area contributed by atoms with Gasteiger partial charge in [0.25, 0.3) is 0 Å². The van der Waals surface area contributed by atoms with Crippen LogP contribution >= 0.6 is 0 Å². The Balaban J connectivity index is 1.86. The minimum atomic E-state index is -2.60. The number of likely N-dealkylation sites (N-methyl/N-ethyl adjacent to an activating group) is 1. The SMILES string of the molecule is CN(CC1(O)CCCC1)C(=O)C1CCC(F)(F)CC1. The van der Waals surface area contributed by atoms with Crippen LogP contribution in [0.2, 0.25) is 0 Å². The van der Waals surface area contributed by atoms with Crippen molar-refractivity contribution in [1.29, 1.82) is 0 Å². The molecule has 0 radical (unpaired) electrons. The van der Waals surface area contributed by atoms with Crippen molar-refractivity contribution in [1.82, 2.24) is 4.90 Å². The molecule has 0 heterocycles. The van der Waals surface area contributed by atoms with Crippen LogP contribution in [0.1, 0.15) is 51.4 Å². The molecule has 2 saturated carbocycles. The van der Waals surface area contributed by atoms with Gasteiger partial charge in [-0.1, -0.05) is 12.8 Å². The summed E-state index contributed by atoms with van der Waals surface area (Å²) < 4.78 is 26.1. The van der Waals surface area contributed by atoms with E-state index in [9.17, 15) is 18.7 Å². The molecule has 0 spiro atoms. The minimum Gasteiger partial charge on any atom is -0.388 e. The lowest BCUT2D eigenvalue weighted by atomic mass is 9.85. The minimum absolute atomic E-state index is 0.0872. The van der Waals surface area contributed by atoms with Gasteiger partial charge in [-0.3, -0.25) is 4.79 Å². The first-order valence-electron chi connectivity index (χ1n) is 7.17. The summed E-state index contributed by atoms with van der Waals surface area (Å²) in [5.74, 6) is -2.98. The number of carbonyl (C=O) groups excluding carboxylic acids is 1. The van der Waals surface area contributed by atoms with Crippen LogP contribution in [-0.2, 0) is 4.79 Å². The molecule has 0 atom stereocenters. The number of carbonyl (C=O) groups is 1. The van der Waals surface area contributed by atoms with E-state index in [-0.39, 0.29) is 37.5 Å². The van der Waals surface area contributed by atoms with Crippen LogP contribution in [0.15, 0.2) is 0 Å². The van der Waals surface area contributed by atoms with E-state index < -0.39 is 11.5 Å². The summed E-state index contributed by atoms with van der Waals surface area (Å²) in [7, 11) is 1.67. The molecule has 2 aliphatic carbocycles. The molecule has 0 unspecified atom stereocenters. The number of nitrogens with zero attached hydrogens (tertiary/aromatic N) is 1. The van der Waals surface area contributed by atoms with Crippen LogP contribution in [0, 0.1) is 5.92 Å². The third kappa shape index (κ3) is 3.65. The predicted octanol–water partition coefficient (Wildman–Crippen LogP) is 2.58. The standard InChI is InChI=1S/C14H23F2NO2/c1-17(10-13(19)6-2-3-7-13)12(18)11-4-8-14(15,16)9-5-11/h11,19H,2-10H2,1H3. The van der Waals surface area contributed by atoms with Crippen LogP contribution in [0.4, 0.5) is 8.78 Å². The van der Waals surface area contributed by atoms with Gasteiger partial charge in [0.1, 0.15) is 0 Å². The molecule has 0 aromatic rings. The topological polar surface area (TPSA) is 40.5 Å². The Hall–Kier alpha value is -0.710. The van der Waals surface area contributed by atoms with E-state index in [4.69, 9.17) is 0 Å². The maximum absolute atomic E-state index is 13.1. The molecular formula is C14H23F2NO2. The zero-order chi connectivity index (χ0) is 14.1. The van der Waals surface area contributed by atoms with E-state index in [1.54, 1.807) is 11.9 Å². The van der Waals surface area contributed by atoms with Crippen LogP contribution in [0.25, 0.3) is 0 Å². The van der Waals surface area contributed by atoms with Gasteiger partial charge in [-0.15, -0.1) is 0 Å². The average molecular weight is 275 g/mol. The van der Waals surface area contributed by atoms with Crippen LogP contribution < -0.4 is 0 Å². The summed E-state index contributed by atoms with van der Waals surface area (Å²) in [4.78, 5) is 13.8. The zero-order valence-electron chi connectivity index (χ0n) is 11.5. The quantitative estimate of drug-likeness (QED) is 0.860. The molecule has 5 heteroatoms. The normalized spacial score (nSPS) is 26.3. The lowest BCUT2D eigenvalue weighted by Gasteiger charge is -2.33. The van der Waals surface area contributed by atoms with Gasteiger partial charge in [-0.2, -0.15) is 0 Å². The van der Waals surface area contributed by atoms with Gasteiger partial charge >= 0.3 is 0 Å². The monoisotopic (exact) mass is 275 g/mol. The van der Waals surface area contributed by atoms with E-state index in [0.29, 0.717) is 6.54 Å². The van der Waals surface area contributed by atoms with Crippen molar-refractivity contribution in [3.63, 3.8) is 0 Å². The van der Waals surface area contributed by atoms with Crippen molar-refractivity contribution in [3.05, 3.63) is 0 Å².